The van der Waals surface area contributed by atoms with Crippen molar-refractivity contribution >= 4 is 5.97 Å². The van der Waals surface area contributed by atoms with Gasteiger partial charge in [-0.2, -0.15) is 0 Å². The Morgan fingerprint density at radius 2 is 2.18 bits per heavy atom. The third kappa shape index (κ3) is 5.64. The molecule has 0 amide bonds. The fourth-order valence-corrected chi connectivity index (χ4v) is 0.901. The molecular weight excluding hydrogens is 140 g/mol. The molecule has 2 nitrogen and oxygen atoms in total. The average molecular weight is 156 g/mol. The maximum atomic E-state index is 10.3. The highest BCUT2D eigenvalue weighted by atomic mass is 16.4. The van der Waals surface area contributed by atoms with E-state index in [1.165, 1.54) is 0 Å². The van der Waals surface area contributed by atoms with Gasteiger partial charge in [-0.15, -0.1) is 0 Å². The number of hydrogen-bond acceptors (Lipinski definition) is 1. The van der Waals surface area contributed by atoms with Crippen molar-refractivity contribution in [2.75, 3.05) is 0 Å². The summed E-state index contributed by atoms with van der Waals surface area (Å²) in [5.74, 6) is -0.495. The zero-order chi connectivity index (χ0) is 8.69. The van der Waals surface area contributed by atoms with Crippen molar-refractivity contribution in [1.82, 2.24) is 0 Å². The maximum Gasteiger partial charge on any atom is 0.303 e. The molecule has 0 aromatic rings. The summed E-state index contributed by atoms with van der Waals surface area (Å²) in [5.41, 5.74) is 0. The minimum absolute atomic E-state index is 0.215. The van der Waals surface area contributed by atoms with E-state index in [1.54, 1.807) is 0 Å². The number of hydrogen-bond donors (Lipinski definition) is 1. The van der Waals surface area contributed by atoms with Gasteiger partial charge in [0.05, 0.1) is 6.42 Å². The molecule has 0 bridgehead atoms. The fraction of sp³-hybridized carbons (Fsp3) is 0.667. The summed E-state index contributed by atoms with van der Waals surface area (Å²) in [6.45, 7) is 4.05. The number of carboxylic acid groups (broad SMARTS) is 1. The minimum Gasteiger partial charge on any atom is -0.481 e. The average Bonchev–Trinajstić information content (AvgIpc) is 1.97. The van der Waals surface area contributed by atoms with Crippen molar-refractivity contribution in [3.63, 3.8) is 0 Å². The Hall–Kier alpha value is -0.790. The maximum absolute atomic E-state index is 10.3. The quantitative estimate of drug-likeness (QED) is 0.621. The summed E-state index contributed by atoms with van der Waals surface area (Å²) in [6.07, 6.45) is 6.16. The first-order valence-electron chi connectivity index (χ1n) is 4.09. The van der Waals surface area contributed by atoms with Crippen LogP contribution in [0.3, 0.4) is 0 Å². The van der Waals surface area contributed by atoms with Gasteiger partial charge in [-0.05, 0) is 18.8 Å². The molecule has 0 radical (unpaired) electrons. The molecule has 0 saturated carbocycles. The predicted octanol–water partition coefficient (Wildman–Crippen LogP) is 2.45. The highest BCUT2D eigenvalue weighted by Gasteiger charge is 2.06. The minimum atomic E-state index is -0.711. The molecule has 0 aromatic heterocycles. The van der Waals surface area contributed by atoms with Gasteiger partial charge < -0.3 is 5.11 Å². The lowest BCUT2D eigenvalue weighted by Crippen LogP contribution is -2.03. The first-order chi connectivity index (χ1) is 5.20. The summed E-state index contributed by atoms with van der Waals surface area (Å²) < 4.78 is 0. The molecule has 0 aliphatic carbocycles. The van der Waals surface area contributed by atoms with Gasteiger partial charge in [0.1, 0.15) is 0 Å². The van der Waals surface area contributed by atoms with Gasteiger partial charge in [0.25, 0.3) is 0 Å². The molecule has 1 atom stereocenters. The Bertz CT molecular complexity index is 138. The molecule has 0 heterocycles. The Balaban J connectivity index is 3.75. The number of carboxylic acids is 1. The van der Waals surface area contributed by atoms with Crippen LogP contribution in [0.25, 0.3) is 0 Å². The van der Waals surface area contributed by atoms with Gasteiger partial charge in [-0.1, -0.05) is 26.0 Å². The van der Waals surface area contributed by atoms with Crippen molar-refractivity contribution in [2.24, 2.45) is 5.92 Å². The smallest absolute Gasteiger partial charge is 0.303 e. The van der Waals surface area contributed by atoms with E-state index in [4.69, 9.17) is 5.11 Å². The summed E-state index contributed by atoms with van der Waals surface area (Å²) in [4.78, 5) is 10.3. The molecule has 0 aliphatic rings. The third-order valence-electron chi connectivity index (χ3n) is 1.61. The van der Waals surface area contributed by atoms with Gasteiger partial charge in [0.15, 0.2) is 0 Å². The van der Waals surface area contributed by atoms with Crippen LogP contribution in [0.1, 0.15) is 33.1 Å². The van der Waals surface area contributed by atoms with E-state index < -0.39 is 5.97 Å². The molecule has 2 heteroatoms. The van der Waals surface area contributed by atoms with Crippen LogP contribution in [0.5, 0.6) is 0 Å². The SMILES string of the molecule is CCC=C[C@@H](CC)CC(=O)O. The van der Waals surface area contributed by atoms with E-state index in [-0.39, 0.29) is 12.3 Å². The van der Waals surface area contributed by atoms with Crippen molar-refractivity contribution in [1.29, 1.82) is 0 Å². The van der Waals surface area contributed by atoms with E-state index >= 15 is 0 Å². The molecule has 1 N–H and O–H groups in total. The first kappa shape index (κ1) is 10.2. The van der Waals surface area contributed by atoms with Crippen LogP contribution in [0.2, 0.25) is 0 Å². The highest BCUT2D eigenvalue weighted by molar-refractivity contribution is 5.67. The monoisotopic (exact) mass is 156 g/mol. The topological polar surface area (TPSA) is 37.3 Å². The largest absolute Gasteiger partial charge is 0.481 e. The van der Waals surface area contributed by atoms with Crippen molar-refractivity contribution in [2.45, 2.75) is 33.1 Å². The van der Waals surface area contributed by atoms with Crippen LogP contribution in [0.4, 0.5) is 0 Å². The first-order valence-corrected chi connectivity index (χ1v) is 4.09. The molecule has 0 rings (SSSR count). The molecule has 11 heavy (non-hydrogen) atoms. The summed E-state index contributed by atoms with van der Waals surface area (Å²) >= 11 is 0. The molecule has 0 aromatic carbocycles. The fourth-order valence-electron chi connectivity index (χ4n) is 0.901. The molecule has 0 fully saturated rings. The molecule has 0 spiro atoms. The van der Waals surface area contributed by atoms with Crippen LogP contribution in [0, 0.1) is 5.92 Å². The zero-order valence-electron chi connectivity index (χ0n) is 7.21. The third-order valence-corrected chi connectivity index (χ3v) is 1.61. The number of rotatable bonds is 5. The normalized spacial score (nSPS) is 13.6. The van der Waals surface area contributed by atoms with Crippen LogP contribution >= 0.6 is 0 Å². The number of aliphatic carboxylic acids is 1. The van der Waals surface area contributed by atoms with E-state index in [9.17, 15) is 4.79 Å². The van der Waals surface area contributed by atoms with Gasteiger partial charge in [-0.25, -0.2) is 0 Å². The molecule has 0 unspecified atom stereocenters. The second-order valence-electron chi connectivity index (χ2n) is 2.60. The predicted molar refractivity (Wildman–Crippen MR) is 45.5 cm³/mol. The summed E-state index contributed by atoms with van der Waals surface area (Å²) in [6, 6.07) is 0. The molecular formula is C9H16O2. The summed E-state index contributed by atoms with van der Waals surface area (Å²) in [5, 5.41) is 8.48. The highest BCUT2D eigenvalue weighted by Crippen LogP contribution is 2.09. The van der Waals surface area contributed by atoms with Crippen molar-refractivity contribution in [3.8, 4) is 0 Å². The van der Waals surface area contributed by atoms with E-state index in [0.717, 1.165) is 12.8 Å². The Kier molecular flexibility index (Phi) is 5.53. The van der Waals surface area contributed by atoms with Gasteiger partial charge >= 0.3 is 5.97 Å². The molecule has 0 aliphatic heterocycles. The Morgan fingerprint density at radius 1 is 1.55 bits per heavy atom. The van der Waals surface area contributed by atoms with Crippen LogP contribution in [-0.4, -0.2) is 11.1 Å². The standard InChI is InChI=1S/C9H16O2/c1-3-5-6-8(4-2)7-9(10)11/h5-6,8H,3-4,7H2,1-2H3,(H,10,11)/t8-/m1/s1. The van der Waals surface area contributed by atoms with Crippen LogP contribution in [-0.2, 0) is 4.79 Å². The van der Waals surface area contributed by atoms with Crippen LogP contribution in [0.15, 0.2) is 12.2 Å². The lowest BCUT2D eigenvalue weighted by molar-refractivity contribution is -0.137. The zero-order valence-corrected chi connectivity index (χ0v) is 7.21. The molecule has 64 valence electrons. The number of allylic oxidation sites excluding steroid dienone is 2. The van der Waals surface area contributed by atoms with Crippen LogP contribution < -0.4 is 0 Å². The van der Waals surface area contributed by atoms with Crippen molar-refractivity contribution in [3.05, 3.63) is 12.2 Å². The second kappa shape index (κ2) is 5.96. The Morgan fingerprint density at radius 3 is 2.55 bits per heavy atom. The van der Waals surface area contributed by atoms with Gasteiger partial charge in [0, 0.05) is 0 Å². The lowest BCUT2D eigenvalue weighted by Gasteiger charge is -2.04. The van der Waals surface area contributed by atoms with E-state index in [1.807, 2.05) is 26.0 Å². The number of carbonyl (C=O) groups is 1. The Labute approximate surface area is 67.9 Å². The van der Waals surface area contributed by atoms with Gasteiger partial charge in [-0.3, -0.25) is 4.79 Å². The summed E-state index contributed by atoms with van der Waals surface area (Å²) in [7, 11) is 0. The lowest BCUT2D eigenvalue weighted by atomic mass is 10.0. The van der Waals surface area contributed by atoms with Gasteiger partial charge in [0.2, 0.25) is 0 Å². The van der Waals surface area contributed by atoms with E-state index in [2.05, 4.69) is 0 Å². The molecule has 0 saturated heterocycles. The van der Waals surface area contributed by atoms with Crippen molar-refractivity contribution < 1.29 is 9.90 Å². The van der Waals surface area contributed by atoms with E-state index in [0.29, 0.717) is 0 Å². The second-order valence-corrected chi connectivity index (χ2v) is 2.60.